The summed E-state index contributed by atoms with van der Waals surface area (Å²) in [5, 5.41) is 0. The van der Waals surface area contributed by atoms with Crippen LogP contribution in [-0.4, -0.2) is 17.8 Å². The second-order valence-electron chi connectivity index (χ2n) is 2.95. The van der Waals surface area contributed by atoms with Crippen molar-refractivity contribution in [1.29, 1.82) is 0 Å². The summed E-state index contributed by atoms with van der Waals surface area (Å²) in [6.07, 6.45) is -0.680. The Morgan fingerprint density at radius 2 is 1.70 bits per heavy atom. The molecule has 1 saturated carbocycles. The molecule has 1 aliphatic rings. The van der Waals surface area contributed by atoms with Crippen molar-refractivity contribution in [3.05, 3.63) is 0 Å². The van der Waals surface area contributed by atoms with Gasteiger partial charge in [-0.15, -0.1) is 0 Å². The van der Waals surface area contributed by atoms with E-state index in [1.54, 1.807) is 0 Å². The van der Waals surface area contributed by atoms with E-state index in [4.69, 9.17) is 0 Å². The minimum atomic E-state index is -1.19. The van der Waals surface area contributed by atoms with Crippen LogP contribution >= 0.6 is 0 Å². The largest absolute Gasteiger partial charge is 0.412 e. The van der Waals surface area contributed by atoms with Gasteiger partial charge in [0.2, 0.25) is 0 Å². The highest BCUT2D eigenvalue weighted by Gasteiger charge is 2.27. The molecule has 0 aromatic carbocycles. The maximum Gasteiger partial charge on any atom is 0.131 e. The lowest BCUT2D eigenvalue weighted by Gasteiger charge is -2.23. The normalized spacial score (nSPS) is 40.5. The molecule has 0 aliphatic heterocycles. The lowest BCUT2D eigenvalue weighted by molar-refractivity contribution is 0.0948. The van der Waals surface area contributed by atoms with Crippen molar-refractivity contribution in [2.75, 3.05) is 0 Å². The Kier molecular flexibility index (Phi) is 3.79. The van der Waals surface area contributed by atoms with Crippen molar-refractivity contribution in [2.45, 2.75) is 38.5 Å². The molecule has 0 radical (unpaired) electrons. The van der Waals surface area contributed by atoms with Crippen LogP contribution in [0.15, 0.2) is 0 Å². The van der Waals surface area contributed by atoms with Gasteiger partial charge in [0.1, 0.15) is 12.3 Å². The second kappa shape index (κ2) is 3.86. The van der Waals surface area contributed by atoms with Crippen LogP contribution in [0.3, 0.4) is 0 Å². The molecule has 0 amide bonds. The molecular weight excluding hydrogens is 138 g/mol. The topological polar surface area (TPSA) is 31.5 Å². The monoisotopic (exact) mass is 152 g/mol. The highest BCUT2D eigenvalue weighted by Crippen LogP contribution is 2.27. The summed E-state index contributed by atoms with van der Waals surface area (Å²) in [6, 6.07) is 0. The zero-order chi connectivity index (χ0) is 6.85. The third-order valence-corrected chi connectivity index (χ3v) is 1.96. The second-order valence-corrected chi connectivity index (χ2v) is 2.95. The fraction of sp³-hybridized carbons (Fsp3) is 1.00. The van der Waals surface area contributed by atoms with Gasteiger partial charge in [-0.25, -0.2) is 8.78 Å². The lowest BCUT2D eigenvalue weighted by Crippen LogP contribution is -2.25. The predicted molar refractivity (Wildman–Crippen MR) is 36.4 cm³/mol. The van der Waals surface area contributed by atoms with Crippen LogP contribution in [0, 0.1) is 5.92 Å². The molecule has 1 fully saturated rings. The number of rotatable bonds is 0. The highest BCUT2D eigenvalue weighted by molar-refractivity contribution is 4.77. The first kappa shape index (κ1) is 9.82. The molecule has 0 aromatic rings. The fourth-order valence-electron chi connectivity index (χ4n) is 1.27. The molecule has 62 valence electrons. The maximum atomic E-state index is 12.5. The Morgan fingerprint density at radius 1 is 1.10 bits per heavy atom. The van der Waals surface area contributed by atoms with Gasteiger partial charge >= 0.3 is 0 Å². The average Bonchev–Trinajstić information content (AvgIpc) is 1.80. The molecule has 0 aromatic heterocycles. The number of halogens is 2. The van der Waals surface area contributed by atoms with Crippen molar-refractivity contribution >= 4 is 0 Å². The van der Waals surface area contributed by atoms with E-state index in [2.05, 4.69) is 0 Å². The Labute approximate surface area is 59.7 Å². The molecular formula is C7H14F2O. The van der Waals surface area contributed by atoms with Crippen LogP contribution < -0.4 is 0 Å². The third kappa shape index (κ3) is 2.21. The molecule has 3 heteroatoms. The molecule has 3 atom stereocenters. The first-order valence-electron chi connectivity index (χ1n) is 3.48. The fourth-order valence-corrected chi connectivity index (χ4v) is 1.27. The van der Waals surface area contributed by atoms with E-state index in [1.165, 1.54) is 0 Å². The van der Waals surface area contributed by atoms with Crippen molar-refractivity contribution in [3.63, 3.8) is 0 Å². The van der Waals surface area contributed by atoms with Gasteiger partial charge < -0.3 is 5.48 Å². The Morgan fingerprint density at radius 3 is 2.10 bits per heavy atom. The summed E-state index contributed by atoms with van der Waals surface area (Å²) in [4.78, 5) is 0. The van der Waals surface area contributed by atoms with E-state index in [0.717, 1.165) is 6.42 Å². The zero-order valence-electron chi connectivity index (χ0n) is 6.11. The molecule has 0 heterocycles. The molecule has 1 aliphatic carbocycles. The lowest BCUT2D eigenvalue weighted by atomic mass is 9.88. The van der Waals surface area contributed by atoms with Crippen LogP contribution in [0.1, 0.15) is 26.2 Å². The van der Waals surface area contributed by atoms with Crippen LogP contribution in [0.5, 0.6) is 0 Å². The van der Waals surface area contributed by atoms with E-state index in [9.17, 15) is 8.78 Å². The molecule has 0 saturated heterocycles. The van der Waals surface area contributed by atoms with E-state index >= 15 is 0 Å². The van der Waals surface area contributed by atoms with Crippen molar-refractivity contribution in [1.82, 2.24) is 0 Å². The number of hydrogen-bond acceptors (Lipinski definition) is 0. The molecule has 10 heavy (non-hydrogen) atoms. The van der Waals surface area contributed by atoms with Crippen LogP contribution in [-0.2, 0) is 0 Å². The SMILES string of the molecule is CC1CCC(F)[C@H](F)C1.O. The smallest absolute Gasteiger partial charge is 0.131 e. The minimum Gasteiger partial charge on any atom is -0.412 e. The van der Waals surface area contributed by atoms with Gasteiger partial charge in [-0.3, -0.25) is 0 Å². The maximum absolute atomic E-state index is 12.5. The summed E-state index contributed by atoms with van der Waals surface area (Å²) in [7, 11) is 0. The number of hydrogen-bond donors (Lipinski definition) is 0. The minimum absolute atomic E-state index is 0. The molecule has 2 unspecified atom stereocenters. The van der Waals surface area contributed by atoms with E-state index < -0.39 is 12.3 Å². The highest BCUT2D eigenvalue weighted by atomic mass is 19.2. The van der Waals surface area contributed by atoms with Crippen molar-refractivity contribution < 1.29 is 14.3 Å². The van der Waals surface area contributed by atoms with E-state index in [-0.39, 0.29) is 5.48 Å². The number of alkyl halides is 2. The van der Waals surface area contributed by atoms with Crippen LogP contribution in [0.2, 0.25) is 0 Å². The zero-order valence-corrected chi connectivity index (χ0v) is 6.11. The molecule has 0 bridgehead atoms. The van der Waals surface area contributed by atoms with Crippen LogP contribution in [0.25, 0.3) is 0 Å². The summed E-state index contributed by atoms with van der Waals surface area (Å²) >= 11 is 0. The summed E-state index contributed by atoms with van der Waals surface area (Å²) in [6.45, 7) is 1.97. The standard InChI is InChI=1S/C7H12F2.H2O/c1-5-2-3-6(8)7(9)4-5;/h5-7H,2-4H2,1H3;1H2/t5?,6?,7-;/m1./s1. The average molecular weight is 152 g/mol. The Bertz CT molecular complexity index is 97.6. The van der Waals surface area contributed by atoms with Gasteiger partial charge in [0.05, 0.1) is 0 Å². The van der Waals surface area contributed by atoms with E-state index in [0.29, 0.717) is 18.8 Å². The molecule has 1 nitrogen and oxygen atoms in total. The molecule has 1 rings (SSSR count). The van der Waals surface area contributed by atoms with Gasteiger partial charge in [0, 0.05) is 0 Å². The van der Waals surface area contributed by atoms with Gasteiger partial charge in [0.25, 0.3) is 0 Å². The summed E-state index contributed by atoms with van der Waals surface area (Å²) < 4.78 is 24.8. The van der Waals surface area contributed by atoms with Crippen molar-refractivity contribution in [3.8, 4) is 0 Å². The van der Waals surface area contributed by atoms with Crippen molar-refractivity contribution in [2.24, 2.45) is 5.92 Å². The Hall–Kier alpha value is -0.180. The van der Waals surface area contributed by atoms with Gasteiger partial charge in [0.15, 0.2) is 0 Å². The van der Waals surface area contributed by atoms with Gasteiger partial charge in [-0.2, -0.15) is 0 Å². The quantitative estimate of drug-likeness (QED) is 0.505. The summed E-state index contributed by atoms with van der Waals surface area (Å²) in [5.74, 6) is 0.381. The van der Waals surface area contributed by atoms with Gasteiger partial charge in [-0.05, 0) is 25.2 Å². The first-order valence-corrected chi connectivity index (χ1v) is 3.48. The molecule has 0 spiro atoms. The summed E-state index contributed by atoms with van der Waals surface area (Å²) in [5.41, 5.74) is 0. The molecule has 2 N–H and O–H groups in total. The van der Waals surface area contributed by atoms with Crippen LogP contribution in [0.4, 0.5) is 8.78 Å². The third-order valence-electron chi connectivity index (χ3n) is 1.96. The predicted octanol–water partition coefficient (Wildman–Crippen LogP) is 1.66. The Balaban J connectivity index is 0.000000810. The van der Waals surface area contributed by atoms with Gasteiger partial charge in [-0.1, -0.05) is 6.92 Å². The first-order chi connectivity index (χ1) is 4.20. The van der Waals surface area contributed by atoms with E-state index in [1.807, 2.05) is 6.92 Å².